The summed E-state index contributed by atoms with van der Waals surface area (Å²) in [5.74, 6) is 0.790. The van der Waals surface area contributed by atoms with E-state index in [0.29, 0.717) is 0 Å². The molecule has 0 amide bonds. The van der Waals surface area contributed by atoms with E-state index in [1.807, 2.05) is 0 Å². The Morgan fingerprint density at radius 2 is 2.36 bits per heavy atom. The molecule has 1 heterocycles. The lowest BCUT2D eigenvalue weighted by atomic mass is 9.95. The van der Waals surface area contributed by atoms with Gasteiger partial charge in [-0.3, -0.25) is 0 Å². The van der Waals surface area contributed by atoms with Gasteiger partial charge in [-0.15, -0.1) is 0 Å². The molecule has 62 valence electrons. The lowest BCUT2D eigenvalue weighted by Gasteiger charge is -2.20. The van der Waals surface area contributed by atoms with Crippen LogP contribution in [0.3, 0.4) is 0 Å². The Morgan fingerprint density at radius 1 is 1.55 bits per heavy atom. The molecular formula is C9H14O2. The Hall–Kier alpha value is -0.370. The number of carbonyl (C=O) groups is 1. The van der Waals surface area contributed by atoms with E-state index in [9.17, 15) is 4.79 Å². The summed E-state index contributed by atoms with van der Waals surface area (Å²) in [5.41, 5.74) is -0.360. The van der Waals surface area contributed by atoms with Gasteiger partial charge in [0.15, 0.2) is 6.29 Å². The molecule has 2 fully saturated rings. The van der Waals surface area contributed by atoms with Gasteiger partial charge < -0.3 is 9.53 Å². The van der Waals surface area contributed by atoms with Crippen molar-refractivity contribution in [2.45, 2.75) is 37.7 Å². The second-order valence-electron chi connectivity index (χ2n) is 3.78. The van der Waals surface area contributed by atoms with E-state index < -0.39 is 0 Å². The summed E-state index contributed by atoms with van der Waals surface area (Å²) in [6, 6.07) is 0. The van der Waals surface area contributed by atoms with Gasteiger partial charge >= 0.3 is 0 Å². The first kappa shape index (κ1) is 7.29. The van der Waals surface area contributed by atoms with Gasteiger partial charge in [-0.25, -0.2) is 0 Å². The average Bonchev–Trinajstić information content (AvgIpc) is 2.68. The van der Waals surface area contributed by atoms with E-state index in [0.717, 1.165) is 38.1 Å². The van der Waals surface area contributed by atoms with Crippen molar-refractivity contribution >= 4 is 6.29 Å². The molecule has 1 aliphatic carbocycles. The average molecular weight is 154 g/mol. The summed E-state index contributed by atoms with van der Waals surface area (Å²) in [6.45, 7) is 0.783. The molecule has 1 atom stereocenters. The summed E-state index contributed by atoms with van der Waals surface area (Å²) in [6.07, 6.45) is 6.63. The van der Waals surface area contributed by atoms with Gasteiger partial charge in [-0.05, 0) is 25.2 Å². The van der Waals surface area contributed by atoms with Crippen LogP contribution < -0.4 is 0 Å². The van der Waals surface area contributed by atoms with Gasteiger partial charge in [0, 0.05) is 6.61 Å². The van der Waals surface area contributed by atoms with Crippen LogP contribution >= 0.6 is 0 Å². The second-order valence-corrected chi connectivity index (χ2v) is 3.78. The third kappa shape index (κ3) is 1.45. The van der Waals surface area contributed by atoms with Crippen LogP contribution in [-0.2, 0) is 9.53 Å². The van der Waals surface area contributed by atoms with Crippen LogP contribution in [0.15, 0.2) is 0 Å². The predicted octanol–water partition coefficient (Wildman–Crippen LogP) is 1.53. The minimum absolute atomic E-state index is 0.360. The van der Waals surface area contributed by atoms with E-state index in [1.165, 1.54) is 12.8 Å². The standard InChI is InChI=1S/C9H14O2/c10-7-9(4-1-5-11-9)6-8-2-3-8/h7-8H,1-6H2. The number of ether oxygens (including phenoxy) is 1. The minimum Gasteiger partial charge on any atom is -0.368 e. The number of hydrogen-bond donors (Lipinski definition) is 0. The van der Waals surface area contributed by atoms with E-state index in [-0.39, 0.29) is 5.60 Å². The number of hydrogen-bond acceptors (Lipinski definition) is 2. The van der Waals surface area contributed by atoms with E-state index in [2.05, 4.69) is 0 Å². The Balaban J connectivity index is 1.96. The van der Waals surface area contributed by atoms with Crippen molar-refractivity contribution in [3.8, 4) is 0 Å². The number of carbonyl (C=O) groups excluding carboxylic acids is 1. The van der Waals surface area contributed by atoms with Gasteiger partial charge in [0.1, 0.15) is 5.60 Å². The first-order chi connectivity index (χ1) is 5.35. The first-order valence-corrected chi connectivity index (χ1v) is 4.45. The second kappa shape index (κ2) is 2.59. The normalized spacial score (nSPS) is 37.5. The topological polar surface area (TPSA) is 26.3 Å². The van der Waals surface area contributed by atoms with Crippen molar-refractivity contribution in [2.24, 2.45) is 5.92 Å². The Kier molecular flexibility index (Phi) is 1.72. The molecular weight excluding hydrogens is 140 g/mol. The maximum absolute atomic E-state index is 10.8. The van der Waals surface area contributed by atoms with Gasteiger partial charge in [0.05, 0.1) is 0 Å². The maximum atomic E-state index is 10.8. The van der Waals surface area contributed by atoms with Crippen LogP contribution in [0.5, 0.6) is 0 Å². The molecule has 1 saturated carbocycles. The lowest BCUT2D eigenvalue weighted by molar-refractivity contribution is -0.126. The van der Waals surface area contributed by atoms with Crippen molar-refractivity contribution in [3.05, 3.63) is 0 Å². The molecule has 11 heavy (non-hydrogen) atoms. The highest BCUT2D eigenvalue weighted by Crippen LogP contribution is 2.40. The zero-order chi connectivity index (χ0) is 7.73. The van der Waals surface area contributed by atoms with Crippen molar-refractivity contribution in [3.63, 3.8) is 0 Å². The Morgan fingerprint density at radius 3 is 2.82 bits per heavy atom. The molecule has 1 aliphatic heterocycles. The first-order valence-electron chi connectivity index (χ1n) is 4.45. The SMILES string of the molecule is O=CC1(CC2CC2)CCCO1. The highest BCUT2D eigenvalue weighted by molar-refractivity contribution is 5.63. The van der Waals surface area contributed by atoms with Crippen LogP contribution in [0.4, 0.5) is 0 Å². The number of aldehydes is 1. The van der Waals surface area contributed by atoms with Crippen LogP contribution in [-0.4, -0.2) is 18.5 Å². The molecule has 0 N–H and O–H groups in total. The van der Waals surface area contributed by atoms with Gasteiger partial charge in [-0.2, -0.15) is 0 Å². The Labute approximate surface area is 66.9 Å². The lowest BCUT2D eigenvalue weighted by Crippen LogP contribution is -2.30. The quantitative estimate of drug-likeness (QED) is 0.576. The van der Waals surface area contributed by atoms with Crippen LogP contribution in [0.1, 0.15) is 32.1 Å². The fourth-order valence-electron chi connectivity index (χ4n) is 1.83. The fraction of sp³-hybridized carbons (Fsp3) is 0.889. The van der Waals surface area contributed by atoms with Gasteiger partial charge in [0.25, 0.3) is 0 Å². The van der Waals surface area contributed by atoms with Crippen molar-refractivity contribution in [2.75, 3.05) is 6.61 Å². The molecule has 2 rings (SSSR count). The van der Waals surface area contributed by atoms with Crippen LogP contribution in [0.25, 0.3) is 0 Å². The van der Waals surface area contributed by atoms with Crippen molar-refractivity contribution in [1.82, 2.24) is 0 Å². The molecule has 0 aromatic carbocycles. The summed E-state index contributed by atoms with van der Waals surface area (Å²) < 4.78 is 5.47. The summed E-state index contributed by atoms with van der Waals surface area (Å²) in [5, 5.41) is 0. The van der Waals surface area contributed by atoms with Crippen LogP contribution in [0, 0.1) is 5.92 Å². The maximum Gasteiger partial charge on any atom is 0.151 e. The predicted molar refractivity (Wildman–Crippen MR) is 41.3 cm³/mol. The molecule has 0 radical (unpaired) electrons. The van der Waals surface area contributed by atoms with Crippen molar-refractivity contribution < 1.29 is 9.53 Å². The number of rotatable bonds is 3. The zero-order valence-corrected chi connectivity index (χ0v) is 6.71. The monoisotopic (exact) mass is 154 g/mol. The van der Waals surface area contributed by atoms with E-state index in [1.54, 1.807) is 0 Å². The molecule has 0 aromatic heterocycles. The highest BCUT2D eigenvalue weighted by atomic mass is 16.5. The van der Waals surface area contributed by atoms with Crippen LogP contribution in [0.2, 0.25) is 0 Å². The fourth-order valence-corrected chi connectivity index (χ4v) is 1.83. The molecule has 2 aliphatic rings. The summed E-state index contributed by atoms with van der Waals surface area (Å²) in [7, 11) is 0. The molecule has 0 spiro atoms. The molecule has 1 saturated heterocycles. The molecule has 2 nitrogen and oxygen atoms in total. The van der Waals surface area contributed by atoms with Gasteiger partial charge in [0.2, 0.25) is 0 Å². The minimum atomic E-state index is -0.360. The van der Waals surface area contributed by atoms with Crippen molar-refractivity contribution in [1.29, 1.82) is 0 Å². The summed E-state index contributed by atoms with van der Waals surface area (Å²) in [4.78, 5) is 10.8. The molecule has 1 unspecified atom stereocenters. The largest absolute Gasteiger partial charge is 0.368 e. The molecule has 0 aromatic rings. The highest BCUT2D eigenvalue weighted by Gasteiger charge is 2.40. The third-order valence-electron chi connectivity index (χ3n) is 2.68. The zero-order valence-electron chi connectivity index (χ0n) is 6.71. The van der Waals surface area contributed by atoms with E-state index >= 15 is 0 Å². The summed E-state index contributed by atoms with van der Waals surface area (Å²) >= 11 is 0. The Bertz CT molecular complexity index is 155. The molecule has 2 heteroatoms. The third-order valence-corrected chi connectivity index (χ3v) is 2.68. The smallest absolute Gasteiger partial charge is 0.151 e. The van der Waals surface area contributed by atoms with Gasteiger partial charge in [-0.1, -0.05) is 12.8 Å². The molecule has 0 bridgehead atoms. The van der Waals surface area contributed by atoms with E-state index in [4.69, 9.17) is 4.74 Å².